The van der Waals surface area contributed by atoms with E-state index in [1.807, 2.05) is 55.0 Å². The number of rotatable bonds is 2. The summed E-state index contributed by atoms with van der Waals surface area (Å²) in [6, 6.07) is 18.4. The predicted molar refractivity (Wildman–Crippen MR) is 98.8 cm³/mol. The first-order valence-corrected chi connectivity index (χ1v) is 7.88. The van der Waals surface area contributed by atoms with E-state index in [1.54, 1.807) is 14.2 Å². The zero-order chi connectivity index (χ0) is 17.1. The van der Waals surface area contributed by atoms with E-state index in [9.17, 15) is 0 Å². The smallest absolute Gasteiger partial charge is 0.128 e. The summed E-state index contributed by atoms with van der Waals surface area (Å²) in [5, 5.41) is 2.37. The molecule has 0 bridgehead atoms. The van der Waals surface area contributed by atoms with Crippen LogP contribution in [0.15, 0.2) is 54.6 Å². The lowest BCUT2D eigenvalue weighted by Gasteiger charge is -2.03. The molecule has 4 rings (SSSR count). The van der Waals surface area contributed by atoms with Gasteiger partial charge < -0.3 is 14.6 Å². The first-order chi connectivity index (χ1) is 11.6. The molecule has 0 aliphatic carbocycles. The quantitative estimate of drug-likeness (QED) is 0.590. The Balaban J connectivity index is 0.000000141. The third-order valence-corrected chi connectivity index (χ3v) is 4.00. The molecule has 0 amide bonds. The first kappa shape index (κ1) is 16.0. The zero-order valence-corrected chi connectivity index (χ0v) is 14.5. The zero-order valence-electron chi connectivity index (χ0n) is 14.5. The van der Waals surface area contributed by atoms with Crippen molar-refractivity contribution in [3.05, 3.63) is 66.0 Å². The van der Waals surface area contributed by atoms with Gasteiger partial charge in [0.25, 0.3) is 0 Å². The van der Waals surface area contributed by atoms with Crippen LogP contribution >= 0.6 is 0 Å². The molecule has 4 aromatic rings. The Morgan fingerprint density at radius 3 is 2.46 bits per heavy atom. The highest BCUT2D eigenvalue weighted by molar-refractivity contribution is 5.86. The average Bonchev–Trinajstić information content (AvgIpc) is 3.12. The Morgan fingerprint density at radius 1 is 0.917 bits per heavy atom. The van der Waals surface area contributed by atoms with Crippen LogP contribution in [0.5, 0.6) is 5.75 Å². The van der Waals surface area contributed by atoms with Crippen molar-refractivity contribution < 1.29 is 9.57 Å². The van der Waals surface area contributed by atoms with Crippen LogP contribution in [0.3, 0.4) is 0 Å². The number of methoxy groups -OCH3 is 1. The number of benzene rings is 2. The minimum atomic E-state index is 0.928. The molecule has 0 spiro atoms. The Bertz CT molecular complexity index is 960. The van der Waals surface area contributed by atoms with Gasteiger partial charge in [0.1, 0.15) is 12.9 Å². The maximum absolute atomic E-state index is 5.22. The van der Waals surface area contributed by atoms with Crippen LogP contribution in [0.2, 0.25) is 0 Å². The number of nitrogens with one attached hydrogen (secondary N) is 1. The van der Waals surface area contributed by atoms with Gasteiger partial charge in [0.05, 0.1) is 18.3 Å². The number of para-hydroxylation sites is 1. The molecule has 0 saturated heterocycles. The number of nitrogens with zero attached hydrogens (tertiary/aromatic N) is 1. The fourth-order valence-corrected chi connectivity index (χ4v) is 2.96. The molecule has 1 N–H and O–H groups in total. The summed E-state index contributed by atoms with van der Waals surface area (Å²) in [7, 11) is 3.37. The van der Waals surface area contributed by atoms with Crippen molar-refractivity contribution in [2.24, 2.45) is 0 Å². The van der Waals surface area contributed by atoms with Crippen molar-refractivity contribution in [1.29, 1.82) is 0 Å². The highest BCUT2D eigenvalue weighted by Crippen LogP contribution is 2.25. The van der Waals surface area contributed by atoms with Crippen LogP contribution in [0.25, 0.3) is 21.8 Å². The molecule has 124 valence electrons. The summed E-state index contributed by atoms with van der Waals surface area (Å²) in [4.78, 5) is 8.47. The van der Waals surface area contributed by atoms with E-state index >= 15 is 0 Å². The lowest BCUT2D eigenvalue weighted by molar-refractivity contribution is 0.174. The van der Waals surface area contributed by atoms with Crippen molar-refractivity contribution in [3.63, 3.8) is 0 Å². The summed E-state index contributed by atoms with van der Waals surface area (Å²) in [5.41, 5.74) is 4.54. The number of hydrogen-bond acceptors (Lipinski definition) is 2. The highest BCUT2D eigenvalue weighted by Gasteiger charge is 2.03. The van der Waals surface area contributed by atoms with E-state index in [0.29, 0.717) is 0 Å². The summed E-state index contributed by atoms with van der Waals surface area (Å²) < 4.78 is 7.05. The molecule has 4 heteroatoms. The highest BCUT2D eigenvalue weighted by atomic mass is 16.6. The summed E-state index contributed by atoms with van der Waals surface area (Å²) in [5.74, 6) is 0.928. The lowest BCUT2D eigenvalue weighted by Crippen LogP contribution is -2.06. The molecule has 0 aliphatic rings. The van der Waals surface area contributed by atoms with Gasteiger partial charge in [-0.25, -0.2) is 0 Å². The molecule has 2 heterocycles. The van der Waals surface area contributed by atoms with Gasteiger partial charge in [0.15, 0.2) is 0 Å². The molecule has 24 heavy (non-hydrogen) atoms. The number of aromatic amines is 1. The Hall–Kier alpha value is -2.88. The van der Waals surface area contributed by atoms with E-state index in [1.165, 1.54) is 5.39 Å². The van der Waals surface area contributed by atoms with Crippen LogP contribution in [0.4, 0.5) is 0 Å². The maximum Gasteiger partial charge on any atom is 0.128 e. The molecule has 4 nitrogen and oxygen atoms in total. The van der Waals surface area contributed by atoms with Crippen LogP contribution in [0, 0.1) is 13.8 Å². The van der Waals surface area contributed by atoms with Crippen LogP contribution in [-0.2, 0) is 0 Å². The molecule has 0 atom stereocenters. The minimum Gasteiger partial charge on any atom is -0.496 e. The molecule has 2 aromatic heterocycles. The van der Waals surface area contributed by atoms with Gasteiger partial charge >= 0.3 is 0 Å². The number of aromatic nitrogens is 2. The molecule has 2 aromatic carbocycles. The SMILES string of the molecule is COc1cccc2[nH]c(C)cc12.COn1c(C)cc2ccccc21. The molecule has 0 saturated carbocycles. The average molecular weight is 322 g/mol. The number of ether oxygens (including phenoxy) is 1. The van der Waals surface area contributed by atoms with E-state index in [2.05, 4.69) is 23.2 Å². The van der Waals surface area contributed by atoms with Gasteiger partial charge in [-0.15, -0.1) is 0 Å². The Labute approximate surface area is 141 Å². The number of hydrogen-bond donors (Lipinski definition) is 1. The van der Waals surface area contributed by atoms with Crippen molar-refractivity contribution in [2.45, 2.75) is 13.8 Å². The predicted octanol–water partition coefficient (Wildman–Crippen LogP) is 4.49. The fourth-order valence-electron chi connectivity index (χ4n) is 2.96. The summed E-state index contributed by atoms with van der Waals surface area (Å²) in [6.07, 6.45) is 0. The number of H-pyrrole nitrogens is 1. The van der Waals surface area contributed by atoms with E-state index < -0.39 is 0 Å². The number of fused-ring (bicyclic) bond motifs is 2. The van der Waals surface area contributed by atoms with Gasteiger partial charge in [-0.05, 0) is 44.2 Å². The minimum absolute atomic E-state index is 0.928. The van der Waals surface area contributed by atoms with Gasteiger partial charge in [-0.2, -0.15) is 4.73 Å². The largest absolute Gasteiger partial charge is 0.496 e. The standard InChI is InChI=1S/2C10H11NO/c1-7-6-8-9(11-7)4-3-5-10(8)12-2;1-8-7-9-5-3-4-6-10(9)11(8)12-2/h3-6,11H,1-2H3;3-7H,1-2H3. The Kier molecular flexibility index (Phi) is 4.47. The Morgan fingerprint density at radius 2 is 1.71 bits per heavy atom. The van der Waals surface area contributed by atoms with Crippen molar-refractivity contribution in [1.82, 2.24) is 9.71 Å². The molecule has 0 aliphatic heterocycles. The van der Waals surface area contributed by atoms with E-state index in [-0.39, 0.29) is 0 Å². The summed E-state index contributed by atoms with van der Waals surface area (Å²) in [6.45, 7) is 4.07. The van der Waals surface area contributed by atoms with Crippen molar-refractivity contribution in [2.75, 3.05) is 14.2 Å². The molecule has 0 fully saturated rings. The van der Waals surface area contributed by atoms with Crippen LogP contribution < -0.4 is 9.57 Å². The van der Waals surface area contributed by atoms with Crippen molar-refractivity contribution in [3.8, 4) is 5.75 Å². The summed E-state index contributed by atoms with van der Waals surface area (Å²) >= 11 is 0. The van der Waals surface area contributed by atoms with Crippen LogP contribution in [0.1, 0.15) is 11.4 Å². The number of aryl methyl sites for hydroxylation is 2. The van der Waals surface area contributed by atoms with E-state index in [0.717, 1.165) is 33.6 Å². The molecule has 0 radical (unpaired) electrons. The second-order valence-electron chi connectivity index (χ2n) is 5.70. The first-order valence-electron chi connectivity index (χ1n) is 7.88. The van der Waals surface area contributed by atoms with Gasteiger partial charge in [0.2, 0.25) is 0 Å². The van der Waals surface area contributed by atoms with Gasteiger partial charge in [-0.1, -0.05) is 24.3 Å². The van der Waals surface area contributed by atoms with Crippen molar-refractivity contribution >= 4 is 21.8 Å². The molecule has 0 unspecified atom stereocenters. The lowest BCUT2D eigenvalue weighted by atomic mass is 10.2. The molecular formula is C20H22N2O2. The second-order valence-corrected chi connectivity index (χ2v) is 5.70. The van der Waals surface area contributed by atoms with Gasteiger partial charge in [-0.3, -0.25) is 0 Å². The third kappa shape index (κ3) is 2.95. The fraction of sp³-hybridized carbons (Fsp3) is 0.200. The second kappa shape index (κ2) is 6.71. The molecular weight excluding hydrogens is 300 g/mol. The monoisotopic (exact) mass is 322 g/mol. The topological polar surface area (TPSA) is 39.2 Å². The van der Waals surface area contributed by atoms with Gasteiger partial charge in [0, 0.05) is 22.0 Å². The third-order valence-electron chi connectivity index (χ3n) is 4.00. The van der Waals surface area contributed by atoms with Crippen LogP contribution in [-0.4, -0.2) is 23.9 Å². The van der Waals surface area contributed by atoms with E-state index in [4.69, 9.17) is 9.57 Å². The normalized spacial score (nSPS) is 10.5. The maximum atomic E-state index is 5.22.